The normalized spacial score (nSPS) is 22.8. The minimum absolute atomic E-state index is 0.120. The number of carbonyl (C=O) groups is 1. The number of hydrogen-bond acceptors (Lipinski definition) is 4. The van der Waals surface area contributed by atoms with Crippen LogP contribution in [0.25, 0.3) is 0 Å². The highest BCUT2D eigenvalue weighted by Gasteiger charge is 2.45. The number of thioether (sulfide) groups is 1. The number of aliphatic hydroxyl groups excluding tert-OH is 1. The molecule has 1 aliphatic carbocycles. The zero-order valence-corrected chi connectivity index (χ0v) is 21.7. The number of nitrogens with one attached hydrogen (secondary N) is 1. The van der Waals surface area contributed by atoms with Gasteiger partial charge in [-0.15, -0.1) is 11.8 Å². The first kappa shape index (κ1) is 24.2. The number of allylic oxidation sites excluding steroid dienone is 1. The molecule has 35 heavy (non-hydrogen) atoms. The summed E-state index contributed by atoms with van der Waals surface area (Å²) < 4.78 is 4.22. The van der Waals surface area contributed by atoms with Crippen LogP contribution in [0, 0.1) is 0 Å². The van der Waals surface area contributed by atoms with Gasteiger partial charge in [0.15, 0.2) is 6.54 Å². The summed E-state index contributed by atoms with van der Waals surface area (Å²) >= 11 is 3.52. The average Bonchev–Trinajstić information content (AvgIpc) is 2.88. The van der Waals surface area contributed by atoms with Crippen LogP contribution in [0.15, 0.2) is 82.9 Å². The van der Waals surface area contributed by atoms with Crippen LogP contribution in [-0.2, 0) is 11.3 Å². The van der Waals surface area contributed by atoms with Gasteiger partial charge in [-0.05, 0) is 62.4 Å². The third-order valence-electron chi connectivity index (χ3n) is 6.78. The van der Waals surface area contributed by atoms with E-state index in [1.807, 2.05) is 47.1 Å². The maximum Gasteiger partial charge on any atom is 0.350 e. The van der Waals surface area contributed by atoms with Crippen LogP contribution in [0.2, 0.25) is 0 Å². The molecule has 182 valence electrons. The van der Waals surface area contributed by atoms with Crippen LogP contribution < -0.4 is 5.32 Å². The Hall–Kier alpha value is -2.48. The highest BCUT2D eigenvalue weighted by molar-refractivity contribution is 8.01. The Balaban J connectivity index is 1.29. The van der Waals surface area contributed by atoms with Gasteiger partial charge >= 0.3 is 5.90 Å². The third kappa shape index (κ3) is 5.68. The Kier molecular flexibility index (Phi) is 7.37. The van der Waals surface area contributed by atoms with Crippen molar-refractivity contribution in [1.29, 1.82) is 0 Å². The monoisotopic (exact) mass is 506 g/mol. The van der Waals surface area contributed by atoms with Crippen LogP contribution in [0.1, 0.15) is 38.2 Å². The number of carbonyl (C=O) groups excluding carboxylic acids is 1. The second kappa shape index (κ2) is 10.6. The molecule has 2 aliphatic heterocycles. The highest BCUT2D eigenvalue weighted by atomic mass is 32.2. The second-order valence-electron chi connectivity index (χ2n) is 9.46. The summed E-state index contributed by atoms with van der Waals surface area (Å²) in [5.74, 6) is 0.786. The first-order valence-electron chi connectivity index (χ1n) is 12.3. The Morgan fingerprint density at radius 2 is 1.86 bits per heavy atom. The van der Waals surface area contributed by atoms with Crippen molar-refractivity contribution in [3.05, 3.63) is 83.6 Å². The largest absolute Gasteiger partial charge is 0.463 e. The molecule has 2 aromatic rings. The summed E-state index contributed by atoms with van der Waals surface area (Å²) in [4.78, 5) is 14.4. The number of aliphatic hydroxyl groups is 1. The van der Waals surface area contributed by atoms with Gasteiger partial charge in [-0.1, -0.05) is 42.8 Å². The minimum atomic E-state index is -0.169. The molecule has 1 amide bonds. The molecule has 2 heterocycles. The predicted octanol–water partition coefficient (Wildman–Crippen LogP) is 6.01. The van der Waals surface area contributed by atoms with E-state index in [2.05, 4.69) is 40.8 Å². The molecule has 3 aliphatic rings. The molecule has 0 aromatic heterocycles. The molecule has 0 bridgehead atoms. The van der Waals surface area contributed by atoms with E-state index < -0.39 is 0 Å². The lowest BCUT2D eigenvalue weighted by molar-refractivity contribution is -0.508. The first-order valence-corrected chi connectivity index (χ1v) is 14.0. The SMILES string of the molecule is CC12CC=C(C(=O)Nc3ccc(SN4CCCCC4)cc3)C=C1[N+](Cc1ccccc1)=C(O)CS2. The number of anilines is 1. The van der Waals surface area contributed by atoms with Crippen molar-refractivity contribution in [3.8, 4) is 0 Å². The molecule has 0 spiro atoms. The van der Waals surface area contributed by atoms with Crippen LogP contribution in [-0.4, -0.2) is 49.4 Å². The molecule has 5 nitrogen and oxygen atoms in total. The predicted molar refractivity (Wildman–Crippen MR) is 146 cm³/mol. The third-order valence-corrected chi connectivity index (χ3v) is 9.30. The van der Waals surface area contributed by atoms with Crippen molar-refractivity contribution in [1.82, 2.24) is 4.31 Å². The molecule has 2 aromatic carbocycles. The number of hydrogen-bond donors (Lipinski definition) is 2. The summed E-state index contributed by atoms with van der Waals surface area (Å²) in [5, 5.41) is 13.8. The van der Waals surface area contributed by atoms with E-state index in [-0.39, 0.29) is 10.7 Å². The molecule has 1 fully saturated rings. The van der Waals surface area contributed by atoms with E-state index in [4.69, 9.17) is 0 Å². The van der Waals surface area contributed by atoms with Gasteiger partial charge in [-0.3, -0.25) is 4.79 Å². The summed E-state index contributed by atoms with van der Waals surface area (Å²) in [6.45, 7) is 5.05. The highest BCUT2D eigenvalue weighted by Crippen LogP contribution is 2.43. The summed E-state index contributed by atoms with van der Waals surface area (Å²) in [6, 6.07) is 18.2. The zero-order chi connectivity index (χ0) is 24.3. The van der Waals surface area contributed by atoms with Gasteiger partial charge in [0.1, 0.15) is 10.5 Å². The fraction of sp³-hybridized carbons (Fsp3) is 0.357. The summed E-state index contributed by atoms with van der Waals surface area (Å²) in [7, 11) is 0. The first-order chi connectivity index (χ1) is 17.0. The van der Waals surface area contributed by atoms with Crippen molar-refractivity contribution in [2.45, 2.75) is 48.8 Å². The lowest BCUT2D eigenvalue weighted by Gasteiger charge is -2.33. The number of fused-ring (bicyclic) bond motifs is 1. The number of nitrogens with zero attached hydrogens (tertiary/aromatic N) is 2. The second-order valence-corrected chi connectivity index (χ2v) is 12.1. The van der Waals surface area contributed by atoms with Crippen molar-refractivity contribution >= 4 is 41.2 Å². The zero-order valence-electron chi connectivity index (χ0n) is 20.1. The topological polar surface area (TPSA) is 55.6 Å². The van der Waals surface area contributed by atoms with Gasteiger partial charge < -0.3 is 10.4 Å². The summed E-state index contributed by atoms with van der Waals surface area (Å²) in [5.41, 5.74) is 3.53. The molecular formula is C28H32N3O2S2+. The fourth-order valence-corrected chi connectivity index (χ4v) is 6.83. The molecule has 0 saturated carbocycles. The van der Waals surface area contributed by atoms with Gasteiger partial charge in [-0.2, -0.15) is 4.58 Å². The van der Waals surface area contributed by atoms with Gasteiger partial charge in [0.05, 0.1) is 0 Å². The van der Waals surface area contributed by atoms with Crippen molar-refractivity contribution in [2.75, 3.05) is 24.2 Å². The smallest absolute Gasteiger partial charge is 0.350 e. The number of amides is 1. The van der Waals surface area contributed by atoms with Crippen LogP contribution in [0.4, 0.5) is 5.69 Å². The van der Waals surface area contributed by atoms with Gasteiger partial charge in [0.25, 0.3) is 5.91 Å². The Morgan fingerprint density at radius 3 is 2.60 bits per heavy atom. The number of rotatable bonds is 6. The van der Waals surface area contributed by atoms with E-state index >= 15 is 0 Å². The number of piperidine rings is 1. The van der Waals surface area contributed by atoms with Crippen LogP contribution in [0.5, 0.6) is 0 Å². The van der Waals surface area contributed by atoms with Gasteiger partial charge in [-0.25, -0.2) is 4.31 Å². The molecule has 5 rings (SSSR count). The molecule has 1 saturated heterocycles. The Morgan fingerprint density at radius 1 is 1.11 bits per heavy atom. The quantitative estimate of drug-likeness (QED) is 0.371. The van der Waals surface area contributed by atoms with Gasteiger partial charge in [0.2, 0.25) is 5.70 Å². The molecular weight excluding hydrogens is 474 g/mol. The van der Waals surface area contributed by atoms with E-state index in [1.165, 1.54) is 24.2 Å². The lowest BCUT2D eigenvalue weighted by atomic mass is 9.92. The molecule has 7 heteroatoms. The summed E-state index contributed by atoms with van der Waals surface area (Å²) in [6.07, 6.45) is 8.58. The van der Waals surface area contributed by atoms with E-state index in [0.29, 0.717) is 23.8 Å². The van der Waals surface area contributed by atoms with Crippen LogP contribution in [0.3, 0.4) is 0 Å². The Bertz CT molecular complexity index is 1170. The average molecular weight is 507 g/mol. The minimum Gasteiger partial charge on any atom is -0.463 e. The number of benzene rings is 2. The molecule has 1 atom stereocenters. The lowest BCUT2D eigenvalue weighted by Crippen LogP contribution is -2.41. The van der Waals surface area contributed by atoms with Crippen LogP contribution >= 0.6 is 23.7 Å². The molecule has 0 radical (unpaired) electrons. The maximum absolute atomic E-state index is 13.2. The van der Waals surface area contributed by atoms with E-state index in [0.717, 1.165) is 36.5 Å². The van der Waals surface area contributed by atoms with Crippen molar-refractivity contribution in [2.24, 2.45) is 0 Å². The van der Waals surface area contributed by atoms with E-state index in [1.54, 1.807) is 23.7 Å². The maximum atomic E-state index is 13.2. The Labute approximate surface area is 216 Å². The standard InChI is InChI=1S/C28H31N3O2S2/c1-28-15-14-22(18-25(28)31(26(32)20-34-28)19-21-8-4-2-5-9-21)27(33)29-23-10-12-24(13-11-23)35-30-16-6-3-7-17-30/h2,4-5,8-14,18H,3,6-7,15-17,19-20H2,1H3,(H,29,33)/p+1. The van der Waals surface area contributed by atoms with Crippen molar-refractivity contribution in [3.63, 3.8) is 0 Å². The molecule has 2 N–H and O–H groups in total. The fourth-order valence-electron chi connectivity index (χ4n) is 4.71. The molecule has 1 unspecified atom stereocenters. The van der Waals surface area contributed by atoms with Crippen molar-refractivity contribution < 1.29 is 14.5 Å². The van der Waals surface area contributed by atoms with E-state index in [9.17, 15) is 9.90 Å². The van der Waals surface area contributed by atoms with Gasteiger partial charge in [0, 0.05) is 40.9 Å².